The third kappa shape index (κ3) is 3.45. The predicted octanol–water partition coefficient (Wildman–Crippen LogP) is 4.04. The number of benzene rings is 2. The van der Waals surface area contributed by atoms with Crippen molar-refractivity contribution in [3.63, 3.8) is 0 Å². The number of nitrogens with one attached hydrogen (secondary N) is 2. The maximum Gasteiger partial charge on any atom is 0.274 e. The molecule has 0 spiro atoms. The first-order valence-electron chi connectivity index (χ1n) is 8.95. The summed E-state index contributed by atoms with van der Waals surface area (Å²) in [5.74, 6) is -0.531. The largest absolute Gasteiger partial charge is 0.381 e. The van der Waals surface area contributed by atoms with Gasteiger partial charge in [-0.2, -0.15) is 0 Å². The van der Waals surface area contributed by atoms with Crippen LogP contribution in [0.25, 0.3) is 16.8 Å². The van der Waals surface area contributed by atoms with E-state index in [1.54, 1.807) is 35.9 Å². The number of amides is 1. The van der Waals surface area contributed by atoms with Crippen molar-refractivity contribution in [3.8, 4) is 11.1 Å². The maximum absolute atomic E-state index is 11.4. The van der Waals surface area contributed by atoms with Crippen LogP contribution in [0.5, 0.6) is 0 Å². The zero-order valence-corrected chi connectivity index (χ0v) is 15.4. The van der Waals surface area contributed by atoms with E-state index < -0.39 is 5.91 Å². The molecule has 2 heterocycles. The molecular formula is C22H20N4O2. The highest BCUT2D eigenvalue weighted by Gasteiger charge is 2.09. The van der Waals surface area contributed by atoms with Crippen LogP contribution >= 0.6 is 0 Å². The smallest absolute Gasteiger partial charge is 0.274 e. The molecule has 0 unspecified atom stereocenters. The van der Waals surface area contributed by atoms with Gasteiger partial charge in [-0.1, -0.05) is 24.3 Å². The van der Waals surface area contributed by atoms with E-state index in [-0.39, 0.29) is 0 Å². The number of hydrogen-bond acceptors (Lipinski definition) is 4. The van der Waals surface area contributed by atoms with Crippen LogP contribution in [0.15, 0.2) is 73.2 Å². The first-order valence-corrected chi connectivity index (χ1v) is 8.95. The number of nitrogens with zero attached hydrogens (tertiary/aromatic N) is 2. The van der Waals surface area contributed by atoms with Crippen molar-refractivity contribution in [1.29, 1.82) is 0 Å². The summed E-state index contributed by atoms with van der Waals surface area (Å²) >= 11 is 0. The number of carbonyl (C=O) groups is 1. The van der Waals surface area contributed by atoms with Gasteiger partial charge in [0, 0.05) is 41.9 Å². The van der Waals surface area contributed by atoms with Crippen LogP contribution < -0.4 is 10.8 Å². The fraction of sp³-hybridized carbons (Fsp3) is 0.0909. The SMILES string of the molecule is Cc1ccccc1-c1cc(CNc2ccc(C(=O)NO)cc2)c2nccn2c1. The summed E-state index contributed by atoms with van der Waals surface area (Å²) in [5.41, 5.74) is 8.43. The molecule has 6 nitrogen and oxygen atoms in total. The lowest BCUT2D eigenvalue weighted by atomic mass is 10.0. The Labute approximate surface area is 162 Å². The van der Waals surface area contributed by atoms with Gasteiger partial charge in [0.15, 0.2) is 0 Å². The van der Waals surface area contributed by atoms with Crippen molar-refractivity contribution in [2.24, 2.45) is 0 Å². The van der Waals surface area contributed by atoms with Gasteiger partial charge >= 0.3 is 0 Å². The van der Waals surface area contributed by atoms with Crippen molar-refractivity contribution < 1.29 is 10.0 Å². The van der Waals surface area contributed by atoms with Crippen molar-refractivity contribution in [1.82, 2.24) is 14.9 Å². The minimum Gasteiger partial charge on any atom is -0.381 e. The lowest BCUT2D eigenvalue weighted by Crippen LogP contribution is -2.18. The second-order valence-corrected chi connectivity index (χ2v) is 6.60. The molecule has 4 rings (SSSR count). The van der Waals surface area contributed by atoms with Crippen molar-refractivity contribution in [2.45, 2.75) is 13.5 Å². The average molecular weight is 372 g/mol. The molecule has 0 aliphatic rings. The maximum atomic E-state index is 11.4. The zero-order valence-electron chi connectivity index (χ0n) is 15.4. The van der Waals surface area contributed by atoms with Crippen molar-refractivity contribution >= 4 is 17.2 Å². The fourth-order valence-corrected chi connectivity index (χ4v) is 3.28. The monoisotopic (exact) mass is 372 g/mol. The molecule has 0 saturated carbocycles. The van der Waals surface area contributed by atoms with Gasteiger partial charge in [-0.3, -0.25) is 10.0 Å². The Morgan fingerprint density at radius 3 is 2.68 bits per heavy atom. The number of hydroxylamine groups is 1. The van der Waals surface area contributed by atoms with Crippen LogP contribution in [-0.2, 0) is 6.54 Å². The molecule has 0 bridgehead atoms. The first kappa shape index (κ1) is 17.8. The standard InChI is InChI=1S/C22H20N4O2/c1-15-4-2-3-5-20(15)18-12-17(21-23-10-11-26(21)14-18)13-24-19-8-6-16(7-9-19)22(27)25-28/h2-12,14,24,28H,13H2,1H3,(H,25,27). The Hall–Kier alpha value is -3.64. The summed E-state index contributed by atoms with van der Waals surface area (Å²) in [6.45, 7) is 2.70. The summed E-state index contributed by atoms with van der Waals surface area (Å²) in [6, 6.07) is 17.4. The Morgan fingerprint density at radius 2 is 1.93 bits per heavy atom. The van der Waals surface area contributed by atoms with Crippen LogP contribution in [0.2, 0.25) is 0 Å². The summed E-state index contributed by atoms with van der Waals surface area (Å²) in [4.78, 5) is 15.9. The van der Waals surface area contributed by atoms with Gasteiger partial charge in [0.1, 0.15) is 5.65 Å². The molecule has 140 valence electrons. The zero-order chi connectivity index (χ0) is 19.5. The van der Waals surface area contributed by atoms with E-state index in [1.165, 1.54) is 11.1 Å². The number of aromatic nitrogens is 2. The third-order valence-electron chi connectivity index (χ3n) is 4.75. The minimum atomic E-state index is -0.531. The Morgan fingerprint density at radius 1 is 1.14 bits per heavy atom. The molecule has 4 aromatic rings. The lowest BCUT2D eigenvalue weighted by Gasteiger charge is -2.12. The molecule has 0 atom stereocenters. The van der Waals surface area contributed by atoms with Crippen LogP contribution in [0.3, 0.4) is 0 Å². The number of hydrogen-bond donors (Lipinski definition) is 3. The number of rotatable bonds is 5. The van der Waals surface area contributed by atoms with Crippen molar-refractivity contribution in [3.05, 3.63) is 89.9 Å². The van der Waals surface area contributed by atoms with Gasteiger partial charge in [0.05, 0.1) is 0 Å². The molecule has 2 aromatic heterocycles. The molecule has 2 aromatic carbocycles. The highest BCUT2D eigenvalue weighted by Crippen LogP contribution is 2.26. The molecule has 0 radical (unpaired) electrons. The van der Waals surface area contributed by atoms with Gasteiger partial charge in [-0.05, 0) is 53.9 Å². The number of aryl methyl sites for hydroxylation is 1. The number of fused-ring (bicyclic) bond motifs is 1. The molecule has 3 N–H and O–H groups in total. The summed E-state index contributed by atoms with van der Waals surface area (Å²) < 4.78 is 2.04. The Balaban J connectivity index is 1.62. The van der Waals surface area contributed by atoms with E-state index in [1.807, 2.05) is 22.7 Å². The first-order chi connectivity index (χ1) is 13.7. The molecule has 28 heavy (non-hydrogen) atoms. The molecule has 0 fully saturated rings. The van der Waals surface area contributed by atoms with Crippen LogP contribution in [-0.4, -0.2) is 20.5 Å². The Bertz CT molecular complexity index is 1130. The van der Waals surface area contributed by atoms with Gasteiger partial charge in [0.2, 0.25) is 0 Å². The normalized spacial score (nSPS) is 10.8. The molecule has 0 saturated heterocycles. The van der Waals surface area contributed by atoms with Gasteiger partial charge in [-0.25, -0.2) is 10.5 Å². The van der Waals surface area contributed by atoms with E-state index >= 15 is 0 Å². The topological polar surface area (TPSA) is 78.7 Å². The van der Waals surface area contributed by atoms with E-state index in [4.69, 9.17) is 5.21 Å². The number of carbonyl (C=O) groups excluding carboxylic acids is 1. The van der Waals surface area contributed by atoms with E-state index in [0.717, 1.165) is 22.5 Å². The van der Waals surface area contributed by atoms with Crippen LogP contribution in [0, 0.1) is 6.92 Å². The van der Waals surface area contributed by atoms with Crippen molar-refractivity contribution in [2.75, 3.05) is 5.32 Å². The fourth-order valence-electron chi connectivity index (χ4n) is 3.28. The molecule has 6 heteroatoms. The second kappa shape index (κ2) is 7.54. The summed E-state index contributed by atoms with van der Waals surface area (Å²) in [7, 11) is 0. The minimum absolute atomic E-state index is 0.394. The highest BCUT2D eigenvalue weighted by atomic mass is 16.5. The van der Waals surface area contributed by atoms with E-state index in [0.29, 0.717) is 12.1 Å². The summed E-state index contributed by atoms with van der Waals surface area (Å²) in [5, 5.41) is 12.1. The number of pyridine rings is 1. The van der Waals surface area contributed by atoms with E-state index in [9.17, 15) is 4.79 Å². The van der Waals surface area contributed by atoms with E-state index in [2.05, 4.69) is 41.6 Å². The van der Waals surface area contributed by atoms with Gasteiger partial charge in [-0.15, -0.1) is 0 Å². The highest BCUT2D eigenvalue weighted by molar-refractivity contribution is 5.93. The summed E-state index contributed by atoms with van der Waals surface area (Å²) in [6.07, 6.45) is 5.84. The Kier molecular flexibility index (Phi) is 4.78. The molecule has 0 aliphatic heterocycles. The molecule has 1 amide bonds. The molecule has 0 aliphatic carbocycles. The average Bonchev–Trinajstić information content (AvgIpc) is 3.21. The quantitative estimate of drug-likeness (QED) is 0.365. The van der Waals surface area contributed by atoms with Gasteiger partial charge < -0.3 is 9.72 Å². The molecular weight excluding hydrogens is 352 g/mol. The van der Waals surface area contributed by atoms with Crippen LogP contribution in [0.4, 0.5) is 5.69 Å². The third-order valence-corrected chi connectivity index (χ3v) is 4.75. The van der Waals surface area contributed by atoms with Crippen LogP contribution in [0.1, 0.15) is 21.5 Å². The second-order valence-electron chi connectivity index (χ2n) is 6.60. The predicted molar refractivity (Wildman–Crippen MR) is 108 cm³/mol. The lowest BCUT2D eigenvalue weighted by molar-refractivity contribution is 0.0706. The van der Waals surface area contributed by atoms with Gasteiger partial charge in [0.25, 0.3) is 5.91 Å². The number of anilines is 1. The number of imidazole rings is 1.